The van der Waals surface area contributed by atoms with Crippen LogP contribution in [0.25, 0.3) is 0 Å². The van der Waals surface area contributed by atoms with Crippen LogP contribution in [-0.2, 0) is 20.2 Å². The molecule has 0 heterocycles. The number of carbonyl (C=O) groups is 1. The molecule has 0 aliphatic carbocycles. The third-order valence-electron chi connectivity index (χ3n) is 3.96. The fourth-order valence-electron chi connectivity index (χ4n) is 2.11. The number of hydrogen-bond acceptors (Lipinski definition) is 3. The topological polar surface area (TPSA) is 75.3 Å². The molecule has 0 aliphatic rings. The smallest absolute Gasteiger partial charge is 0.224 e. The minimum absolute atomic E-state index is 0.0535. The molecule has 1 aromatic carbocycles. The van der Waals surface area contributed by atoms with Crippen LogP contribution in [0.1, 0.15) is 66.4 Å². The number of nitrogens with one attached hydrogen (secondary N) is 2. The minimum Gasteiger partial charge on any atom is -0.326 e. The second-order valence-corrected chi connectivity index (χ2v) is 10.9. The van der Waals surface area contributed by atoms with Gasteiger partial charge in [-0.05, 0) is 56.7 Å². The number of amides is 1. The van der Waals surface area contributed by atoms with Gasteiger partial charge in [-0.3, -0.25) is 4.79 Å². The number of carbonyl (C=O) groups excluding carboxylic acids is 1. The molecule has 0 atom stereocenters. The molecule has 0 aliphatic heterocycles. The Hall–Kier alpha value is -1.40. The number of benzene rings is 1. The first-order valence-electron chi connectivity index (χ1n) is 8.72. The second-order valence-electron chi connectivity index (χ2n) is 8.34. The Morgan fingerprint density at radius 3 is 2.00 bits per heavy atom. The lowest BCUT2D eigenvalue weighted by molar-refractivity contribution is -0.116. The van der Waals surface area contributed by atoms with Gasteiger partial charge in [-0.25, -0.2) is 13.1 Å². The second kappa shape index (κ2) is 8.32. The van der Waals surface area contributed by atoms with Gasteiger partial charge >= 0.3 is 0 Å². The molecule has 0 saturated heterocycles. The summed E-state index contributed by atoms with van der Waals surface area (Å²) in [4.78, 5) is 12.0. The van der Waals surface area contributed by atoms with Crippen LogP contribution >= 0.6 is 0 Å². The van der Waals surface area contributed by atoms with Gasteiger partial charge in [-0.1, -0.05) is 32.9 Å². The third-order valence-corrected chi connectivity index (χ3v) is 6.16. The van der Waals surface area contributed by atoms with E-state index in [0.717, 1.165) is 5.69 Å². The Morgan fingerprint density at radius 2 is 1.52 bits per heavy atom. The third kappa shape index (κ3) is 7.16. The van der Waals surface area contributed by atoms with Crippen LogP contribution in [0.2, 0.25) is 0 Å². The van der Waals surface area contributed by atoms with E-state index in [1.807, 2.05) is 24.3 Å². The van der Waals surface area contributed by atoms with E-state index in [1.54, 1.807) is 20.8 Å². The van der Waals surface area contributed by atoms with Crippen LogP contribution in [0, 0.1) is 0 Å². The van der Waals surface area contributed by atoms with E-state index in [-0.39, 0.29) is 11.3 Å². The maximum Gasteiger partial charge on any atom is 0.224 e. The normalized spacial score (nSPS) is 12.9. The first kappa shape index (κ1) is 21.6. The summed E-state index contributed by atoms with van der Waals surface area (Å²) in [6.07, 6.45) is 1.64. The number of anilines is 1. The van der Waals surface area contributed by atoms with Gasteiger partial charge < -0.3 is 5.32 Å². The summed E-state index contributed by atoms with van der Waals surface area (Å²) < 4.78 is 25.6. The van der Waals surface area contributed by atoms with Gasteiger partial charge in [-0.15, -0.1) is 0 Å². The Kier molecular flexibility index (Phi) is 7.20. The molecule has 1 aromatic rings. The highest BCUT2D eigenvalue weighted by molar-refractivity contribution is 7.90. The molecule has 0 radical (unpaired) electrons. The van der Waals surface area contributed by atoms with Crippen molar-refractivity contribution in [2.75, 3.05) is 11.9 Å². The van der Waals surface area contributed by atoms with E-state index in [9.17, 15) is 13.2 Å². The summed E-state index contributed by atoms with van der Waals surface area (Å²) in [6.45, 7) is 11.8. The molecule has 1 rings (SSSR count). The maximum absolute atomic E-state index is 12.0. The van der Waals surface area contributed by atoms with Crippen molar-refractivity contribution in [2.24, 2.45) is 0 Å². The van der Waals surface area contributed by atoms with Crippen LogP contribution in [-0.4, -0.2) is 25.6 Å². The van der Waals surface area contributed by atoms with Crippen molar-refractivity contribution in [3.63, 3.8) is 0 Å². The lowest BCUT2D eigenvalue weighted by Crippen LogP contribution is -2.39. The zero-order chi connectivity index (χ0) is 19.3. The fraction of sp³-hybridized carbons (Fsp3) is 0.632. The van der Waals surface area contributed by atoms with Gasteiger partial charge in [0.25, 0.3) is 0 Å². The zero-order valence-corrected chi connectivity index (χ0v) is 17.1. The van der Waals surface area contributed by atoms with E-state index in [4.69, 9.17) is 0 Å². The Bertz CT molecular complexity index is 666. The molecule has 142 valence electrons. The molecule has 5 nitrogen and oxygen atoms in total. The Morgan fingerprint density at radius 1 is 0.960 bits per heavy atom. The molecule has 25 heavy (non-hydrogen) atoms. The van der Waals surface area contributed by atoms with Crippen LogP contribution < -0.4 is 10.0 Å². The van der Waals surface area contributed by atoms with Gasteiger partial charge in [0.05, 0.1) is 4.75 Å². The number of hydrogen-bond donors (Lipinski definition) is 2. The molecular weight excluding hydrogens is 336 g/mol. The van der Waals surface area contributed by atoms with Gasteiger partial charge in [0, 0.05) is 18.7 Å². The van der Waals surface area contributed by atoms with Crippen molar-refractivity contribution in [2.45, 2.75) is 71.0 Å². The predicted octanol–water partition coefficient (Wildman–Crippen LogP) is 3.81. The van der Waals surface area contributed by atoms with Crippen LogP contribution in [0.3, 0.4) is 0 Å². The minimum atomic E-state index is -3.31. The molecule has 0 unspecified atom stereocenters. The maximum atomic E-state index is 12.0. The Labute approximate surface area is 152 Å². The highest BCUT2D eigenvalue weighted by Gasteiger charge is 2.27. The molecule has 0 spiro atoms. The highest BCUT2D eigenvalue weighted by atomic mass is 32.2. The molecule has 0 fully saturated rings. The Balaban J connectivity index is 2.34. The summed E-state index contributed by atoms with van der Waals surface area (Å²) in [6, 6.07) is 7.87. The van der Waals surface area contributed by atoms with Crippen molar-refractivity contribution in [1.82, 2.24) is 4.72 Å². The zero-order valence-electron chi connectivity index (χ0n) is 16.3. The number of unbranched alkanes of at least 4 members (excludes halogenated alkanes) is 1. The fourth-order valence-corrected chi connectivity index (χ4v) is 2.96. The molecule has 0 bridgehead atoms. The summed E-state index contributed by atoms with van der Waals surface area (Å²) >= 11 is 0. The van der Waals surface area contributed by atoms with Gasteiger partial charge in [0.1, 0.15) is 0 Å². The monoisotopic (exact) mass is 368 g/mol. The summed E-state index contributed by atoms with van der Waals surface area (Å²) in [5, 5.41) is 2.87. The summed E-state index contributed by atoms with van der Waals surface area (Å²) in [5.41, 5.74) is 2.09. The highest BCUT2D eigenvalue weighted by Crippen LogP contribution is 2.23. The lowest BCUT2D eigenvalue weighted by atomic mass is 9.87. The standard InChI is InChI=1S/C19H32N2O3S/c1-18(2,3)15-10-12-16(13-11-15)21-17(22)9-7-8-14-20-25(23,24)19(4,5)6/h10-13,20H,7-9,14H2,1-6H3,(H,21,22). The SMILES string of the molecule is CC(C)(C)c1ccc(NC(=O)CCCCNS(=O)(=O)C(C)(C)C)cc1. The first-order valence-corrected chi connectivity index (χ1v) is 10.2. The van der Waals surface area contributed by atoms with Crippen molar-refractivity contribution < 1.29 is 13.2 Å². The molecule has 0 aromatic heterocycles. The van der Waals surface area contributed by atoms with Crippen molar-refractivity contribution >= 4 is 21.6 Å². The molecule has 0 saturated carbocycles. The quantitative estimate of drug-likeness (QED) is 0.719. The van der Waals surface area contributed by atoms with Crippen LogP contribution in [0.5, 0.6) is 0 Å². The van der Waals surface area contributed by atoms with E-state index in [0.29, 0.717) is 25.8 Å². The molecular formula is C19H32N2O3S. The average Bonchev–Trinajstić information content (AvgIpc) is 2.45. The number of rotatable bonds is 7. The average molecular weight is 369 g/mol. The van der Waals surface area contributed by atoms with E-state index in [1.165, 1.54) is 5.56 Å². The molecule has 1 amide bonds. The van der Waals surface area contributed by atoms with Crippen molar-refractivity contribution in [3.05, 3.63) is 29.8 Å². The van der Waals surface area contributed by atoms with E-state index >= 15 is 0 Å². The lowest BCUT2D eigenvalue weighted by Gasteiger charge is -2.19. The summed E-state index contributed by atoms with van der Waals surface area (Å²) in [5.74, 6) is -0.0535. The summed E-state index contributed by atoms with van der Waals surface area (Å²) in [7, 11) is -3.31. The number of sulfonamides is 1. The van der Waals surface area contributed by atoms with E-state index < -0.39 is 14.8 Å². The molecule has 6 heteroatoms. The van der Waals surface area contributed by atoms with E-state index in [2.05, 4.69) is 30.8 Å². The van der Waals surface area contributed by atoms with Crippen LogP contribution in [0.4, 0.5) is 5.69 Å². The van der Waals surface area contributed by atoms with Crippen LogP contribution in [0.15, 0.2) is 24.3 Å². The first-order chi connectivity index (χ1) is 11.3. The molecule has 2 N–H and O–H groups in total. The van der Waals surface area contributed by atoms with Crippen molar-refractivity contribution in [1.29, 1.82) is 0 Å². The predicted molar refractivity (Wildman–Crippen MR) is 104 cm³/mol. The van der Waals surface area contributed by atoms with Gasteiger partial charge in [0.2, 0.25) is 15.9 Å². The van der Waals surface area contributed by atoms with Gasteiger partial charge in [-0.2, -0.15) is 0 Å². The van der Waals surface area contributed by atoms with Gasteiger partial charge in [0.15, 0.2) is 0 Å². The van der Waals surface area contributed by atoms with Crippen molar-refractivity contribution in [3.8, 4) is 0 Å². The largest absolute Gasteiger partial charge is 0.326 e.